The average molecular weight is 509 g/mol. The van der Waals surface area contributed by atoms with Crippen LogP contribution in [0, 0.1) is 5.41 Å². The van der Waals surface area contributed by atoms with E-state index in [4.69, 9.17) is 9.47 Å². The van der Waals surface area contributed by atoms with Gasteiger partial charge in [0, 0.05) is 5.41 Å². The zero-order valence-electron chi connectivity index (χ0n) is 24.7. The molecule has 0 heterocycles. The van der Waals surface area contributed by atoms with Gasteiger partial charge >= 0.3 is 11.9 Å². The lowest BCUT2D eigenvalue weighted by Gasteiger charge is -2.39. The highest BCUT2D eigenvalue weighted by Crippen LogP contribution is 2.36. The summed E-state index contributed by atoms with van der Waals surface area (Å²) in [6.07, 6.45) is 2.31. The molecule has 0 aliphatic heterocycles. The second-order valence-corrected chi connectivity index (χ2v) is 12.8. The van der Waals surface area contributed by atoms with Crippen molar-refractivity contribution in [3.63, 3.8) is 0 Å². The number of rotatable bonds is 10. The molecule has 0 N–H and O–H groups in total. The normalized spacial score (nSPS) is 14.1. The van der Waals surface area contributed by atoms with E-state index in [1.165, 1.54) is 11.1 Å². The van der Waals surface area contributed by atoms with Gasteiger partial charge in [-0.25, -0.2) is 9.59 Å². The van der Waals surface area contributed by atoms with Gasteiger partial charge in [-0.2, -0.15) is 0 Å². The number of carbonyl (C=O) groups is 2. The maximum absolute atomic E-state index is 13.1. The molecular weight excluding hydrogens is 460 g/mol. The molecule has 0 amide bonds. The van der Waals surface area contributed by atoms with E-state index in [9.17, 15) is 9.59 Å². The summed E-state index contributed by atoms with van der Waals surface area (Å²) in [7, 11) is 0. The molecule has 0 saturated carbocycles. The topological polar surface area (TPSA) is 52.6 Å². The minimum absolute atomic E-state index is 0.0134. The number of benzene rings is 2. The Morgan fingerprint density at radius 2 is 0.892 bits per heavy atom. The van der Waals surface area contributed by atoms with Crippen LogP contribution in [0.2, 0.25) is 0 Å². The van der Waals surface area contributed by atoms with Crippen LogP contribution in [-0.2, 0) is 20.3 Å². The first-order chi connectivity index (χ1) is 17.1. The second kappa shape index (κ2) is 12.3. The Bertz CT molecular complexity index is 934. The maximum atomic E-state index is 13.1. The first-order valence-corrected chi connectivity index (χ1v) is 13.7. The molecule has 2 unspecified atom stereocenters. The van der Waals surface area contributed by atoms with Crippen LogP contribution in [0.4, 0.5) is 0 Å². The van der Waals surface area contributed by atoms with Crippen LogP contribution in [-0.4, -0.2) is 24.1 Å². The van der Waals surface area contributed by atoms with Crippen LogP contribution in [0.5, 0.6) is 0 Å². The monoisotopic (exact) mass is 508 g/mol. The van der Waals surface area contributed by atoms with Gasteiger partial charge in [0.2, 0.25) is 0 Å². The van der Waals surface area contributed by atoms with E-state index in [0.717, 1.165) is 12.8 Å². The molecule has 2 aromatic rings. The maximum Gasteiger partial charge on any atom is 0.338 e. The van der Waals surface area contributed by atoms with E-state index < -0.39 is 5.41 Å². The number of hydrogen-bond acceptors (Lipinski definition) is 4. The summed E-state index contributed by atoms with van der Waals surface area (Å²) in [4.78, 5) is 26.3. The van der Waals surface area contributed by atoms with Gasteiger partial charge in [0.25, 0.3) is 0 Å². The van der Waals surface area contributed by atoms with Gasteiger partial charge in [0.05, 0.1) is 11.1 Å². The molecule has 37 heavy (non-hydrogen) atoms. The molecule has 0 bridgehead atoms. The molecular formula is C33H48O4. The van der Waals surface area contributed by atoms with Crippen molar-refractivity contribution in [2.75, 3.05) is 0 Å². The Morgan fingerprint density at radius 1 is 0.595 bits per heavy atom. The minimum atomic E-state index is -0.561. The number of carbonyl (C=O) groups excluding carboxylic acids is 2. The third-order valence-electron chi connectivity index (χ3n) is 7.23. The van der Waals surface area contributed by atoms with Crippen molar-refractivity contribution in [2.45, 2.75) is 118 Å². The van der Waals surface area contributed by atoms with Gasteiger partial charge in [-0.3, -0.25) is 0 Å². The van der Waals surface area contributed by atoms with Gasteiger partial charge in [-0.05, 0) is 59.1 Å². The Hall–Kier alpha value is -2.62. The van der Waals surface area contributed by atoms with E-state index in [1.807, 2.05) is 62.4 Å². The van der Waals surface area contributed by atoms with Crippen LogP contribution in [0.25, 0.3) is 0 Å². The van der Waals surface area contributed by atoms with Crippen molar-refractivity contribution in [1.29, 1.82) is 0 Å². The van der Waals surface area contributed by atoms with E-state index >= 15 is 0 Å². The molecule has 0 aliphatic carbocycles. The Balaban J connectivity index is 2.23. The zero-order chi connectivity index (χ0) is 28.0. The summed E-state index contributed by atoms with van der Waals surface area (Å²) in [5.74, 6) is -0.683. The van der Waals surface area contributed by atoms with Crippen LogP contribution in [0.1, 0.15) is 127 Å². The van der Waals surface area contributed by atoms with E-state index in [-0.39, 0.29) is 35.0 Å². The van der Waals surface area contributed by atoms with E-state index in [1.54, 1.807) is 0 Å². The van der Waals surface area contributed by atoms with Crippen molar-refractivity contribution < 1.29 is 19.1 Å². The van der Waals surface area contributed by atoms with E-state index in [2.05, 4.69) is 55.4 Å². The van der Waals surface area contributed by atoms with Crippen molar-refractivity contribution in [3.8, 4) is 0 Å². The standard InChI is InChI=1S/C33H48O4/c1-11-13-27(36-29(34)23-15-19-25(20-16-23)31(3,4)5)33(9,10)28(14-12-2)37-30(35)24-17-21-26(22-18-24)32(6,7)8/h15-22,27-28H,11-14H2,1-10H3. The molecule has 204 valence electrons. The fourth-order valence-electron chi connectivity index (χ4n) is 4.50. The quantitative estimate of drug-likeness (QED) is 0.301. The lowest BCUT2D eigenvalue weighted by molar-refractivity contribution is -0.0772. The fraction of sp³-hybridized carbons (Fsp3) is 0.576. The fourth-order valence-corrected chi connectivity index (χ4v) is 4.50. The Kier molecular flexibility index (Phi) is 10.2. The van der Waals surface area contributed by atoms with Gasteiger partial charge in [-0.15, -0.1) is 0 Å². The molecule has 2 rings (SSSR count). The largest absolute Gasteiger partial charge is 0.458 e. The van der Waals surface area contributed by atoms with Crippen LogP contribution >= 0.6 is 0 Å². The SMILES string of the molecule is CCCC(OC(=O)c1ccc(C(C)(C)C)cc1)C(C)(C)C(CCC)OC(=O)c1ccc(C(C)(C)C)cc1. The van der Waals surface area contributed by atoms with Crippen molar-refractivity contribution in [2.24, 2.45) is 5.41 Å². The highest BCUT2D eigenvalue weighted by atomic mass is 16.6. The molecule has 0 aliphatic rings. The van der Waals surface area contributed by atoms with Gasteiger partial charge in [0.1, 0.15) is 12.2 Å². The summed E-state index contributed by atoms with van der Waals surface area (Å²) >= 11 is 0. The summed E-state index contributed by atoms with van der Waals surface area (Å²) in [5.41, 5.74) is 2.87. The zero-order valence-corrected chi connectivity index (χ0v) is 24.7. The number of ether oxygens (including phenoxy) is 2. The molecule has 0 saturated heterocycles. The molecule has 2 aromatic carbocycles. The molecule has 2 atom stereocenters. The Labute approximate surface area is 225 Å². The van der Waals surface area contributed by atoms with Gasteiger partial charge in [0.15, 0.2) is 0 Å². The molecule has 4 heteroatoms. The Morgan fingerprint density at radius 3 is 1.14 bits per heavy atom. The lowest BCUT2D eigenvalue weighted by atomic mass is 9.77. The molecule has 0 aromatic heterocycles. The third kappa shape index (κ3) is 8.18. The highest BCUT2D eigenvalue weighted by Gasteiger charge is 2.41. The van der Waals surface area contributed by atoms with E-state index in [0.29, 0.717) is 24.0 Å². The summed E-state index contributed by atoms with van der Waals surface area (Å²) in [6, 6.07) is 15.3. The molecule has 4 nitrogen and oxygen atoms in total. The van der Waals surface area contributed by atoms with Crippen LogP contribution in [0.15, 0.2) is 48.5 Å². The van der Waals surface area contributed by atoms with Gasteiger partial charge in [-0.1, -0.05) is 106 Å². The predicted octanol–water partition coefficient (Wildman–Crippen LogP) is 8.66. The first kappa shape index (κ1) is 30.6. The molecule has 0 radical (unpaired) electrons. The number of esters is 2. The molecule has 0 fully saturated rings. The predicted molar refractivity (Wildman–Crippen MR) is 152 cm³/mol. The summed E-state index contributed by atoms with van der Waals surface area (Å²) in [5, 5.41) is 0. The lowest BCUT2D eigenvalue weighted by Crippen LogP contribution is -2.45. The highest BCUT2D eigenvalue weighted by molar-refractivity contribution is 5.90. The average Bonchev–Trinajstić information content (AvgIpc) is 2.82. The minimum Gasteiger partial charge on any atom is -0.458 e. The smallest absolute Gasteiger partial charge is 0.338 e. The van der Waals surface area contributed by atoms with Crippen molar-refractivity contribution in [3.05, 3.63) is 70.8 Å². The third-order valence-corrected chi connectivity index (χ3v) is 7.23. The summed E-state index contributed by atoms with van der Waals surface area (Å²) in [6.45, 7) is 21.1. The number of hydrogen-bond donors (Lipinski definition) is 0. The van der Waals surface area contributed by atoms with Crippen molar-refractivity contribution >= 4 is 11.9 Å². The van der Waals surface area contributed by atoms with Crippen molar-refractivity contribution in [1.82, 2.24) is 0 Å². The van der Waals surface area contributed by atoms with Gasteiger partial charge < -0.3 is 9.47 Å². The first-order valence-electron chi connectivity index (χ1n) is 13.7. The van der Waals surface area contributed by atoms with Crippen LogP contribution < -0.4 is 0 Å². The van der Waals surface area contributed by atoms with Crippen LogP contribution in [0.3, 0.4) is 0 Å². The molecule has 0 spiro atoms. The second-order valence-electron chi connectivity index (χ2n) is 12.8. The summed E-state index contributed by atoms with van der Waals surface area (Å²) < 4.78 is 12.2.